The van der Waals surface area contributed by atoms with Crippen LogP contribution in [-0.2, 0) is 4.79 Å². The zero-order valence-corrected chi connectivity index (χ0v) is 17.9. The number of benzene rings is 1. The molecule has 0 fully saturated rings. The molecule has 162 valence electrons. The van der Waals surface area contributed by atoms with Crippen molar-refractivity contribution in [2.75, 3.05) is 18.6 Å². The number of pyridine rings is 1. The average molecular weight is 432 g/mol. The van der Waals surface area contributed by atoms with Crippen molar-refractivity contribution in [3.8, 4) is 0 Å². The molecule has 1 aromatic carbocycles. The smallest absolute Gasteiger partial charge is 0.426 e. The molecule has 1 aromatic heterocycles. The molecule has 2 atom stereocenters. The number of fused-ring (bicyclic) bond motifs is 1. The second-order valence-corrected chi connectivity index (χ2v) is 8.01. The quantitative estimate of drug-likeness (QED) is 0.246. The highest BCUT2D eigenvalue weighted by Crippen LogP contribution is 2.18. The van der Waals surface area contributed by atoms with E-state index in [0.29, 0.717) is 42.5 Å². The van der Waals surface area contributed by atoms with Gasteiger partial charge in [-0.2, -0.15) is 11.8 Å². The van der Waals surface area contributed by atoms with Crippen molar-refractivity contribution in [3.05, 3.63) is 42.2 Å². The maximum atomic E-state index is 13.0. The van der Waals surface area contributed by atoms with Gasteiger partial charge in [-0.05, 0) is 61.8 Å². The SMILES string of the molecule is CSCC[C@H](NC(=O)[C@H](CCCCN)NC(=O)c1cccc2ccncc12)B(O)O. The van der Waals surface area contributed by atoms with E-state index < -0.39 is 25.0 Å². The Morgan fingerprint density at radius 2 is 2.00 bits per heavy atom. The normalized spacial score (nSPS) is 12.9. The molecule has 0 saturated heterocycles. The lowest BCUT2D eigenvalue weighted by Crippen LogP contribution is -2.54. The molecule has 0 spiro atoms. The van der Waals surface area contributed by atoms with Crippen LogP contribution in [0, 0.1) is 0 Å². The fourth-order valence-corrected chi connectivity index (χ4v) is 3.62. The predicted molar refractivity (Wildman–Crippen MR) is 121 cm³/mol. The number of rotatable bonds is 12. The van der Waals surface area contributed by atoms with Gasteiger partial charge in [0.15, 0.2) is 0 Å². The van der Waals surface area contributed by atoms with Gasteiger partial charge in [0.1, 0.15) is 6.04 Å². The number of carbonyl (C=O) groups excluding carboxylic acids is 2. The number of unbranched alkanes of at least 4 members (excludes halogenated alkanes) is 1. The lowest BCUT2D eigenvalue weighted by atomic mass is 9.77. The average Bonchev–Trinajstić information content (AvgIpc) is 2.75. The molecule has 1 heterocycles. The molecule has 0 unspecified atom stereocenters. The molecule has 0 bridgehead atoms. The molecule has 0 aliphatic rings. The van der Waals surface area contributed by atoms with Crippen molar-refractivity contribution in [3.63, 3.8) is 0 Å². The third-order valence-corrected chi connectivity index (χ3v) is 5.46. The van der Waals surface area contributed by atoms with Gasteiger partial charge in [0, 0.05) is 23.3 Å². The van der Waals surface area contributed by atoms with Crippen molar-refractivity contribution >= 4 is 41.5 Å². The first-order valence-electron chi connectivity index (χ1n) is 9.97. The van der Waals surface area contributed by atoms with E-state index >= 15 is 0 Å². The molecule has 2 rings (SSSR count). The molecule has 0 saturated carbocycles. The van der Waals surface area contributed by atoms with Crippen molar-refractivity contribution in [1.29, 1.82) is 0 Å². The number of amides is 2. The monoisotopic (exact) mass is 432 g/mol. The van der Waals surface area contributed by atoms with Gasteiger partial charge in [0.25, 0.3) is 5.91 Å². The van der Waals surface area contributed by atoms with E-state index in [9.17, 15) is 19.6 Å². The second kappa shape index (κ2) is 12.5. The van der Waals surface area contributed by atoms with Crippen LogP contribution in [0.1, 0.15) is 36.0 Å². The summed E-state index contributed by atoms with van der Waals surface area (Å²) in [5.41, 5.74) is 5.99. The van der Waals surface area contributed by atoms with E-state index in [-0.39, 0.29) is 5.91 Å². The number of nitrogens with zero attached hydrogens (tertiary/aromatic N) is 1. The number of hydrogen-bond acceptors (Lipinski definition) is 7. The Kier molecular flexibility index (Phi) is 10.1. The van der Waals surface area contributed by atoms with E-state index in [0.717, 1.165) is 11.8 Å². The Morgan fingerprint density at radius 1 is 1.20 bits per heavy atom. The number of hydrogen-bond donors (Lipinski definition) is 5. The number of nitrogens with two attached hydrogens (primary N) is 1. The van der Waals surface area contributed by atoms with E-state index in [1.807, 2.05) is 18.4 Å². The van der Waals surface area contributed by atoms with Crippen LogP contribution in [-0.4, -0.2) is 64.5 Å². The van der Waals surface area contributed by atoms with Gasteiger partial charge in [-0.25, -0.2) is 0 Å². The standard InChI is InChI=1S/C20H29BN4O4S/c1-30-12-9-18(21(28)29)25-20(27)17(7-2-3-10-22)24-19(26)15-6-4-5-14-8-11-23-13-16(14)15/h4-6,8,11,13,17-18,28-29H,2-3,7,9-10,12,22H2,1H3,(H,24,26)(H,25,27)/t17-,18-/m0/s1. The summed E-state index contributed by atoms with van der Waals surface area (Å²) in [5, 5.41) is 26.2. The summed E-state index contributed by atoms with van der Waals surface area (Å²) in [4.78, 5) is 29.9. The topological polar surface area (TPSA) is 138 Å². The molecular formula is C20H29BN4O4S. The lowest BCUT2D eigenvalue weighted by Gasteiger charge is -2.23. The van der Waals surface area contributed by atoms with E-state index in [4.69, 9.17) is 5.73 Å². The van der Waals surface area contributed by atoms with Crippen LogP contribution in [0.15, 0.2) is 36.7 Å². The molecule has 0 aliphatic carbocycles. The van der Waals surface area contributed by atoms with Crippen LogP contribution in [0.2, 0.25) is 0 Å². The van der Waals surface area contributed by atoms with Gasteiger partial charge in [-0.1, -0.05) is 12.1 Å². The van der Waals surface area contributed by atoms with Crippen LogP contribution in [0.5, 0.6) is 0 Å². The highest BCUT2D eigenvalue weighted by Gasteiger charge is 2.29. The molecule has 8 nitrogen and oxygen atoms in total. The highest BCUT2D eigenvalue weighted by atomic mass is 32.2. The minimum atomic E-state index is -1.68. The van der Waals surface area contributed by atoms with Gasteiger partial charge in [0.05, 0.1) is 5.94 Å². The van der Waals surface area contributed by atoms with Crippen LogP contribution in [0.25, 0.3) is 10.8 Å². The van der Waals surface area contributed by atoms with Crippen LogP contribution < -0.4 is 16.4 Å². The Labute approximate surface area is 181 Å². The molecular weight excluding hydrogens is 403 g/mol. The molecule has 2 amide bonds. The highest BCUT2D eigenvalue weighted by molar-refractivity contribution is 7.98. The van der Waals surface area contributed by atoms with Gasteiger partial charge < -0.3 is 26.4 Å². The van der Waals surface area contributed by atoms with Crippen molar-refractivity contribution in [2.45, 2.75) is 37.7 Å². The molecule has 0 radical (unpaired) electrons. The Hall–Kier alpha value is -2.14. The maximum Gasteiger partial charge on any atom is 0.475 e. The lowest BCUT2D eigenvalue weighted by molar-refractivity contribution is -0.123. The summed E-state index contributed by atoms with van der Waals surface area (Å²) in [7, 11) is -1.68. The van der Waals surface area contributed by atoms with E-state index in [2.05, 4.69) is 15.6 Å². The first kappa shape index (κ1) is 24.1. The van der Waals surface area contributed by atoms with Gasteiger partial charge >= 0.3 is 7.12 Å². The maximum absolute atomic E-state index is 13.0. The predicted octanol–water partition coefficient (Wildman–Crippen LogP) is 0.712. The molecule has 30 heavy (non-hydrogen) atoms. The number of aromatic nitrogens is 1. The van der Waals surface area contributed by atoms with E-state index in [1.165, 1.54) is 0 Å². The number of carbonyl (C=O) groups is 2. The summed E-state index contributed by atoms with van der Waals surface area (Å²) < 4.78 is 0. The molecule has 10 heteroatoms. The van der Waals surface area contributed by atoms with Crippen LogP contribution in [0.4, 0.5) is 0 Å². The fraction of sp³-hybridized carbons (Fsp3) is 0.450. The van der Waals surface area contributed by atoms with E-state index in [1.54, 1.807) is 36.3 Å². The third-order valence-electron chi connectivity index (χ3n) is 4.82. The minimum Gasteiger partial charge on any atom is -0.426 e. The molecule has 2 aromatic rings. The minimum absolute atomic E-state index is 0.383. The summed E-state index contributed by atoms with van der Waals surface area (Å²) in [5.74, 6) is -0.972. The number of thioether (sulfide) groups is 1. The second-order valence-electron chi connectivity index (χ2n) is 7.02. The van der Waals surface area contributed by atoms with Crippen LogP contribution >= 0.6 is 11.8 Å². The van der Waals surface area contributed by atoms with Gasteiger partial charge in [-0.3, -0.25) is 14.6 Å². The first-order valence-corrected chi connectivity index (χ1v) is 11.4. The van der Waals surface area contributed by atoms with Gasteiger partial charge in [0.2, 0.25) is 5.91 Å². The number of nitrogens with one attached hydrogen (secondary N) is 2. The van der Waals surface area contributed by atoms with Crippen molar-refractivity contribution < 1.29 is 19.6 Å². The summed E-state index contributed by atoms with van der Waals surface area (Å²) >= 11 is 1.55. The summed E-state index contributed by atoms with van der Waals surface area (Å²) in [6.45, 7) is 0.489. The van der Waals surface area contributed by atoms with Crippen LogP contribution in [0.3, 0.4) is 0 Å². The molecule has 6 N–H and O–H groups in total. The largest absolute Gasteiger partial charge is 0.475 e. The summed E-state index contributed by atoms with van der Waals surface area (Å²) in [6, 6.07) is 6.36. The first-order chi connectivity index (χ1) is 14.5. The zero-order valence-electron chi connectivity index (χ0n) is 17.1. The van der Waals surface area contributed by atoms with Crippen molar-refractivity contribution in [1.82, 2.24) is 15.6 Å². The summed E-state index contributed by atoms with van der Waals surface area (Å²) in [6.07, 6.45) is 7.35. The zero-order chi connectivity index (χ0) is 21.9. The fourth-order valence-electron chi connectivity index (χ4n) is 3.13. The van der Waals surface area contributed by atoms with Gasteiger partial charge in [-0.15, -0.1) is 0 Å². The third kappa shape index (κ3) is 6.98. The Balaban J connectivity index is 2.16. The Bertz CT molecular complexity index is 834. The Morgan fingerprint density at radius 3 is 2.70 bits per heavy atom. The molecule has 0 aliphatic heterocycles. The van der Waals surface area contributed by atoms with Crippen molar-refractivity contribution in [2.24, 2.45) is 5.73 Å².